The number of hydrogen-bond acceptors (Lipinski definition) is 3. The van der Waals surface area contributed by atoms with Crippen molar-refractivity contribution in [2.24, 2.45) is 11.7 Å². The van der Waals surface area contributed by atoms with Crippen LogP contribution in [0, 0.1) is 5.92 Å². The van der Waals surface area contributed by atoms with Gasteiger partial charge in [-0.25, -0.2) is 4.39 Å². The summed E-state index contributed by atoms with van der Waals surface area (Å²) in [5.41, 5.74) is 5.22. The standard InChI is InChI=1S/C14H19FN2OS.ClH/c1-3-17(9-10(2)15)13(18)14(7-11(14)8-16)12-5-4-6-19-12;/h4-6,11H,2-3,7-9,16H2,1H3;1H/t11-,14-;/m0./s1. The molecule has 1 aliphatic carbocycles. The third-order valence-electron chi connectivity index (χ3n) is 3.76. The van der Waals surface area contributed by atoms with Gasteiger partial charge >= 0.3 is 0 Å². The molecule has 1 aliphatic rings. The van der Waals surface area contributed by atoms with Crippen molar-refractivity contribution in [1.82, 2.24) is 4.90 Å². The van der Waals surface area contributed by atoms with Gasteiger partial charge in [-0.1, -0.05) is 12.6 Å². The van der Waals surface area contributed by atoms with Gasteiger partial charge in [0.15, 0.2) is 0 Å². The van der Waals surface area contributed by atoms with Gasteiger partial charge in [-0.2, -0.15) is 0 Å². The van der Waals surface area contributed by atoms with Crippen LogP contribution in [0.4, 0.5) is 4.39 Å². The van der Waals surface area contributed by atoms with Gasteiger partial charge in [0.25, 0.3) is 0 Å². The van der Waals surface area contributed by atoms with E-state index in [0.717, 1.165) is 11.3 Å². The molecule has 20 heavy (non-hydrogen) atoms. The van der Waals surface area contributed by atoms with E-state index in [2.05, 4.69) is 6.58 Å². The van der Waals surface area contributed by atoms with Crippen LogP contribution in [-0.2, 0) is 10.2 Å². The first kappa shape index (κ1) is 17.1. The summed E-state index contributed by atoms with van der Waals surface area (Å²) in [7, 11) is 0. The predicted molar refractivity (Wildman–Crippen MR) is 82.9 cm³/mol. The van der Waals surface area contributed by atoms with Crippen LogP contribution < -0.4 is 5.73 Å². The van der Waals surface area contributed by atoms with Crippen LogP contribution >= 0.6 is 23.7 Å². The molecular formula is C14H20ClFN2OS. The molecule has 1 heterocycles. The van der Waals surface area contributed by atoms with Crippen LogP contribution in [0.25, 0.3) is 0 Å². The van der Waals surface area contributed by atoms with Crippen molar-refractivity contribution in [2.45, 2.75) is 18.8 Å². The normalized spacial score (nSPS) is 23.9. The number of carbonyl (C=O) groups is 1. The zero-order valence-corrected chi connectivity index (χ0v) is 13.1. The fraction of sp³-hybridized carbons (Fsp3) is 0.500. The molecular weight excluding hydrogens is 299 g/mol. The molecule has 0 aliphatic heterocycles. The van der Waals surface area contributed by atoms with E-state index in [-0.39, 0.29) is 30.8 Å². The van der Waals surface area contributed by atoms with Gasteiger partial charge in [0, 0.05) is 11.4 Å². The average Bonchev–Trinajstić information content (AvgIpc) is 2.88. The fourth-order valence-electron chi connectivity index (χ4n) is 2.63. The number of carbonyl (C=O) groups excluding carboxylic acids is 1. The second-order valence-electron chi connectivity index (χ2n) is 4.92. The topological polar surface area (TPSA) is 46.3 Å². The highest BCUT2D eigenvalue weighted by molar-refractivity contribution is 7.10. The lowest BCUT2D eigenvalue weighted by Gasteiger charge is -2.26. The first-order chi connectivity index (χ1) is 9.06. The van der Waals surface area contributed by atoms with Crippen LogP contribution in [0.3, 0.4) is 0 Å². The Labute approximate surface area is 129 Å². The van der Waals surface area contributed by atoms with Gasteiger partial charge < -0.3 is 10.6 Å². The first-order valence-corrected chi connectivity index (χ1v) is 7.31. The number of nitrogens with zero attached hydrogens (tertiary/aromatic N) is 1. The summed E-state index contributed by atoms with van der Waals surface area (Å²) in [5.74, 6) is -0.339. The molecule has 1 saturated carbocycles. The Hall–Kier alpha value is -0.910. The summed E-state index contributed by atoms with van der Waals surface area (Å²) in [6, 6.07) is 3.90. The minimum Gasteiger partial charge on any atom is -0.336 e. The maximum atomic E-state index is 13.0. The first-order valence-electron chi connectivity index (χ1n) is 6.43. The quantitative estimate of drug-likeness (QED) is 0.876. The van der Waals surface area contributed by atoms with Crippen molar-refractivity contribution in [1.29, 1.82) is 0 Å². The highest BCUT2D eigenvalue weighted by Crippen LogP contribution is 2.56. The lowest BCUT2D eigenvalue weighted by molar-refractivity contribution is -0.133. The number of amides is 1. The Kier molecular flexibility index (Phi) is 5.74. The number of hydrogen-bond donors (Lipinski definition) is 1. The van der Waals surface area contributed by atoms with Crippen LogP contribution in [0.15, 0.2) is 29.9 Å². The molecule has 0 bridgehead atoms. The maximum Gasteiger partial charge on any atom is 0.234 e. The monoisotopic (exact) mass is 318 g/mol. The molecule has 1 amide bonds. The third-order valence-corrected chi connectivity index (χ3v) is 4.81. The Morgan fingerprint density at radius 2 is 2.40 bits per heavy atom. The predicted octanol–water partition coefficient (Wildman–Crippen LogP) is 2.72. The van der Waals surface area contributed by atoms with Crippen LogP contribution in [-0.4, -0.2) is 30.4 Å². The Balaban J connectivity index is 0.00000200. The second-order valence-corrected chi connectivity index (χ2v) is 5.87. The van der Waals surface area contributed by atoms with Crippen molar-refractivity contribution in [3.63, 3.8) is 0 Å². The van der Waals surface area contributed by atoms with Gasteiger partial charge in [-0.15, -0.1) is 23.7 Å². The summed E-state index contributed by atoms with van der Waals surface area (Å²) in [6.07, 6.45) is 0.762. The van der Waals surface area contributed by atoms with Crippen molar-refractivity contribution < 1.29 is 9.18 Å². The van der Waals surface area contributed by atoms with Crippen LogP contribution in [0.2, 0.25) is 0 Å². The fourth-order valence-corrected chi connectivity index (χ4v) is 3.64. The zero-order valence-electron chi connectivity index (χ0n) is 11.5. The lowest BCUT2D eigenvalue weighted by atomic mass is 9.99. The van der Waals surface area contributed by atoms with Crippen molar-refractivity contribution in [3.05, 3.63) is 34.8 Å². The Bertz CT molecular complexity index is 480. The molecule has 2 atom stereocenters. The molecule has 0 spiro atoms. The summed E-state index contributed by atoms with van der Waals surface area (Å²) >= 11 is 1.57. The smallest absolute Gasteiger partial charge is 0.234 e. The lowest BCUT2D eigenvalue weighted by Crippen LogP contribution is -2.41. The molecule has 2 rings (SSSR count). The molecule has 112 valence electrons. The number of halogens is 2. The van der Waals surface area contributed by atoms with Gasteiger partial charge in [0.2, 0.25) is 5.91 Å². The van der Waals surface area contributed by atoms with E-state index in [1.807, 2.05) is 24.4 Å². The number of rotatable bonds is 6. The average molecular weight is 319 g/mol. The highest BCUT2D eigenvalue weighted by Gasteiger charge is 2.61. The molecule has 3 nitrogen and oxygen atoms in total. The zero-order chi connectivity index (χ0) is 14.0. The van der Waals surface area contributed by atoms with Gasteiger partial charge in [0.1, 0.15) is 5.83 Å². The van der Waals surface area contributed by atoms with E-state index in [0.29, 0.717) is 13.1 Å². The summed E-state index contributed by atoms with van der Waals surface area (Å²) in [4.78, 5) is 15.3. The molecule has 0 saturated heterocycles. The molecule has 0 unspecified atom stereocenters. The molecule has 1 fully saturated rings. The van der Waals surface area contributed by atoms with E-state index in [9.17, 15) is 9.18 Å². The van der Waals surface area contributed by atoms with E-state index in [1.54, 1.807) is 11.3 Å². The highest BCUT2D eigenvalue weighted by atomic mass is 35.5. The van der Waals surface area contributed by atoms with Crippen molar-refractivity contribution in [2.75, 3.05) is 19.6 Å². The molecule has 1 aromatic rings. The van der Waals surface area contributed by atoms with Gasteiger partial charge in [-0.3, -0.25) is 4.79 Å². The number of thiophene rings is 1. The molecule has 1 aromatic heterocycles. The van der Waals surface area contributed by atoms with E-state index in [4.69, 9.17) is 5.73 Å². The molecule has 6 heteroatoms. The SMILES string of the molecule is C=C(F)CN(CC)C(=O)[C@@]1(c2cccs2)C[C@H]1CN.Cl. The van der Waals surface area contributed by atoms with E-state index in [1.165, 1.54) is 4.90 Å². The second kappa shape index (κ2) is 6.70. The minimum absolute atomic E-state index is 0. The van der Waals surface area contributed by atoms with Crippen molar-refractivity contribution >= 4 is 29.7 Å². The van der Waals surface area contributed by atoms with Crippen molar-refractivity contribution in [3.8, 4) is 0 Å². The van der Waals surface area contributed by atoms with Crippen LogP contribution in [0.5, 0.6) is 0 Å². The van der Waals surface area contributed by atoms with Gasteiger partial charge in [0.05, 0.1) is 12.0 Å². The Morgan fingerprint density at radius 3 is 2.80 bits per heavy atom. The molecule has 0 radical (unpaired) electrons. The summed E-state index contributed by atoms with van der Waals surface area (Å²) in [5, 5.41) is 1.96. The summed E-state index contributed by atoms with van der Waals surface area (Å²) < 4.78 is 13.0. The van der Waals surface area contributed by atoms with E-state index >= 15 is 0 Å². The largest absolute Gasteiger partial charge is 0.336 e. The minimum atomic E-state index is -0.519. The van der Waals surface area contributed by atoms with E-state index < -0.39 is 11.2 Å². The Morgan fingerprint density at radius 1 is 1.70 bits per heavy atom. The molecule has 0 aromatic carbocycles. The molecule has 2 N–H and O–H groups in total. The maximum absolute atomic E-state index is 13.0. The number of nitrogens with two attached hydrogens (primary N) is 1. The van der Waals surface area contributed by atoms with Gasteiger partial charge in [-0.05, 0) is 37.3 Å². The van der Waals surface area contributed by atoms with Crippen LogP contribution in [0.1, 0.15) is 18.2 Å². The number of likely N-dealkylation sites (N-methyl/N-ethyl adjacent to an activating group) is 1. The third kappa shape index (κ3) is 2.90. The summed E-state index contributed by atoms with van der Waals surface area (Å²) in [6.45, 7) is 6.03.